The Balaban J connectivity index is 0. The van der Waals surface area contributed by atoms with E-state index in [-0.39, 0.29) is 4.12 Å². The molecule has 0 rings (SSSR count). The Bertz CT molecular complexity index is 298. The molecule has 136 valence electrons. The number of rotatable bonds is 12. The third-order valence-corrected chi connectivity index (χ3v) is 20.6. The van der Waals surface area contributed by atoms with Crippen LogP contribution >= 0.6 is 0 Å². The molecule has 0 aromatic rings. The Kier molecular flexibility index (Phi) is 18.4. The van der Waals surface area contributed by atoms with Crippen LogP contribution in [0, 0.1) is 0 Å². The van der Waals surface area contributed by atoms with Crippen LogP contribution in [0.1, 0.15) is 73.1 Å². The number of allylic oxidation sites excluding steroid dienone is 3. The van der Waals surface area contributed by atoms with Crippen LogP contribution in [0.4, 0.5) is 0 Å². The molecular weight excluding hydrogens is 387 g/mol. The monoisotopic (exact) mass is 430 g/mol. The zero-order chi connectivity index (χ0) is 18.1. The summed E-state index contributed by atoms with van der Waals surface area (Å²) in [5.74, 6) is 0. The van der Waals surface area contributed by atoms with Crippen molar-refractivity contribution < 1.29 is 5.11 Å². The van der Waals surface area contributed by atoms with E-state index in [2.05, 4.69) is 40.9 Å². The summed E-state index contributed by atoms with van der Waals surface area (Å²) in [6.45, 7) is 18.0. The van der Waals surface area contributed by atoms with Crippen molar-refractivity contribution in [1.82, 2.24) is 0 Å². The van der Waals surface area contributed by atoms with Gasteiger partial charge in [0.1, 0.15) is 0 Å². The van der Waals surface area contributed by atoms with Crippen LogP contribution in [-0.4, -0.2) is 27.6 Å². The summed E-state index contributed by atoms with van der Waals surface area (Å²) in [4.78, 5) is 0. The summed E-state index contributed by atoms with van der Waals surface area (Å²) in [5.41, 5.74) is 1.17. The minimum atomic E-state index is -2.49. The van der Waals surface area contributed by atoms with Gasteiger partial charge in [-0.25, -0.2) is 0 Å². The molecule has 0 aromatic carbocycles. The molecule has 0 heterocycles. The van der Waals surface area contributed by atoms with Crippen molar-refractivity contribution in [3.63, 3.8) is 0 Å². The molecule has 0 aliphatic carbocycles. The Morgan fingerprint density at radius 2 is 1.30 bits per heavy atom. The van der Waals surface area contributed by atoms with Gasteiger partial charge in [-0.1, -0.05) is 6.08 Å². The van der Waals surface area contributed by atoms with Crippen LogP contribution in [0.3, 0.4) is 0 Å². The Hall–Kier alpha value is -0.0213. The number of aliphatic hydroxyl groups is 1. The maximum atomic E-state index is 11.0. The number of unbranched alkanes of at least 4 members (excludes halogenated alkanes) is 3. The Morgan fingerprint density at radius 1 is 0.957 bits per heavy atom. The third-order valence-electron chi connectivity index (χ3n) is 4.48. The molecule has 0 bridgehead atoms. The van der Waals surface area contributed by atoms with Gasteiger partial charge in [0, 0.05) is 0 Å². The van der Waals surface area contributed by atoms with E-state index < -0.39 is 18.4 Å². The Labute approximate surface area is 150 Å². The molecule has 0 aliphatic heterocycles. The van der Waals surface area contributed by atoms with Crippen molar-refractivity contribution in [3.05, 3.63) is 37.0 Å². The molecule has 0 saturated heterocycles. The first-order valence-electron chi connectivity index (χ1n) is 9.53. The van der Waals surface area contributed by atoms with E-state index in [4.69, 9.17) is 0 Å². The van der Waals surface area contributed by atoms with E-state index in [9.17, 15) is 5.11 Å². The van der Waals surface area contributed by atoms with Gasteiger partial charge < -0.3 is 0 Å². The van der Waals surface area contributed by atoms with E-state index >= 15 is 0 Å². The quantitative estimate of drug-likeness (QED) is 0.200. The van der Waals surface area contributed by atoms with Crippen LogP contribution in [0.15, 0.2) is 37.0 Å². The summed E-state index contributed by atoms with van der Waals surface area (Å²) in [5, 5.41) is 11.0. The van der Waals surface area contributed by atoms with E-state index in [1.165, 1.54) is 57.4 Å². The van der Waals surface area contributed by atoms with Crippen molar-refractivity contribution in [2.24, 2.45) is 0 Å². The van der Waals surface area contributed by atoms with Gasteiger partial charge in [0.05, 0.1) is 0 Å². The van der Waals surface area contributed by atoms with Gasteiger partial charge in [0.15, 0.2) is 0 Å². The fourth-order valence-corrected chi connectivity index (χ4v) is 19.7. The molecule has 0 saturated carbocycles. The molecule has 0 radical (unpaired) electrons. The molecule has 1 atom stereocenters. The summed E-state index contributed by atoms with van der Waals surface area (Å²) >= 11 is -2.49. The van der Waals surface area contributed by atoms with Crippen LogP contribution in [0.25, 0.3) is 0 Å². The summed E-state index contributed by atoms with van der Waals surface area (Å²) in [6, 6.07) is 0. The minimum Gasteiger partial charge on any atom is -0.103 e. The molecule has 2 heteroatoms. The first-order valence-corrected chi connectivity index (χ1v) is 17.2. The van der Waals surface area contributed by atoms with Gasteiger partial charge >= 0.3 is 131 Å². The van der Waals surface area contributed by atoms with E-state index in [1.807, 2.05) is 19.1 Å². The summed E-state index contributed by atoms with van der Waals surface area (Å²) < 4.78 is 3.96. The molecule has 0 fully saturated rings. The number of hydrogen-bond acceptors (Lipinski definition) is 1. The molecule has 0 aromatic heterocycles. The molecule has 1 unspecified atom stereocenters. The van der Waals surface area contributed by atoms with Crippen LogP contribution in [-0.2, 0) is 0 Å². The van der Waals surface area contributed by atoms with Crippen LogP contribution < -0.4 is 0 Å². The molecular formula is C21H42OSn. The fraction of sp³-hybridized carbons (Fsp3) is 0.714. The summed E-state index contributed by atoms with van der Waals surface area (Å²) in [7, 11) is 0. The second-order valence-electron chi connectivity index (χ2n) is 6.63. The molecule has 0 aliphatic rings. The van der Waals surface area contributed by atoms with Crippen molar-refractivity contribution >= 4 is 18.4 Å². The minimum absolute atomic E-state index is 0.105. The largest absolute Gasteiger partial charge is 0.103 e. The molecule has 1 N–H and O–H groups in total. The molecule has 1 nitrogen and oxygen atoms in total. The van der Waals surface area contributed by atoms with Crippen molar-refractivity contribution in [3.8, 4) is 0 Å². The van der Waals surface area contributed by atoms with Gasteiger partial charge in [-0.15, -0.1) is 6.58 Å². The predicted octanol–water partition coefficient (Wildman–Crippen LogP) is 7.06. The van der Waals surface area contributed by atoms with E-state index in [0.717, 1.165) is 0 Å². The standard InChI is InChI=1S/C6H9O.3C4H9.C3H6.Sn/c1-3-4-6(2)5-7;3*1-3-4-2;1-3-2;/h3-5,7H,1H2,2H3;3*1,3-4H2,2H3;3H,1H2,2H3;/b6-4+;;;;;. The van der Waals surface area contributed by atoms with Crippen molar-refractivity contribution in [2.45, 2.75) is 90.6 Å². The maximum Gasteiger partial charge on any atom is -0.0473 e. The first-order chi connectivity index (χ1) is 11.0. The number of hydrogen-bond donors (Lipinski definition) is 1. The second kappa shape index (κ2) is 16.8. The third kappa shape index (κ3) is 11.2. The van der Waals surface area contributed by atoms with Gasteiger partial charge in [0.25, 0.3) is 0 Å². The first kappa shape index (κ1) is 25.2. The maximum absolute atomic E-state index is 11.0. The van der Waals surface area contributed by atoms with Gasteiger partial charge in [-0.05, 0) is 6.92 Å². The SMILES string of the molecule is C=C/C=C(\C)[CH](O)[Sn]([CH2]CCC)([CH2]CCC)[CH2]CCC.C=CC. The molecule has 0 amide bonds. The summed E-state index contributed by atoms with van der Waals surface area (Å²) in [6.07, 6.45) is 13.3. The van der Waals surface area contributed by atoms with Crippen molar-refractivity contribution in [1.29, 1.82) is 0 Å². The zero-order valence-corrected chi connectivity index (χ0v) is 19.4. The normalized spacial score (nSPS) is 13.0. The van der Waals surface area contributed by atoms with Crippen LogP contribution in [0.2, 0.25) is 13.3 Å². The average molecular weight is 429 g/mol. The van der Waals surface area contributed by atoms with Gasteiger partial charge in [-0.3, -0.25) is 0 Å². The van der Waals surface area contributed by atoms with E-state index in [1.54, 1.807) is 6.08 Å². The van der Waals surface area contributed by atoms with Gasteiger partial charge in [-0.2, -0.15) is 0 Å². The van der Waals surface area contributed by atoms with E-state index in [0.29, 0.717) is 0 Å². The number of aliphatic hydroxyl groups excluding tert-OH is 1. The molecule has 23 heavy (non-hydrogen) atoms. The average Bonchev–Trinajstić information content (AvgIpc) is 2.55. The van der Waals surface area contributed by atoms with Gasteiger partial charge in [0.2, 0.25) is 0 Å². The van der Waals surface area contributed by atoms with Crippen LogP contribution in [0.5, 0.6) is 0 Å². The van der Waals surface area contributed by atoms with Crippen molar-refractivity contribution in [2.75, 3.05) is 0 Å². The topological polar surface area (TPSA) is 20.2 Å². The Morgan fingerprint density at radius 3 is 1.57 bits per heavy atom. The predicted molar refractivity (Wildman–Crippen MR) is 111 cm³/mol. The fourth-order valence-electron chi connectivity index (χ4n) is 3.13. The molecule has 0 spiro atoms. The smallest absolute Gasteiger partial charge is 0.0473 e. The second-order valence-corrected chi connectivity index (χ2v) is 20.2. The zero-order valence-electron chi connectivity index (χ0n) is 16.5.